The molecule has 1 unspecified atom stereocenters. The van der Waals surface area contributed by atoms with Crippen molar-refractivity contribution in [3.8, 4) is 17.0 Å². The van der Waals surface area contributed by atoms with Gasteiger partial charge in [0.15, 0.2) is 0 Å². The van der Waals surface area contributed by atoms with Crippen molar-refractivity contribution >= 4 is 11.9 Å². The lowest BCUT2D eigenvalue weighted by atomic mass is 10.0. The summed E-state index contributed by atoms with van der Waals surface area (Å²) in [5, 5.41) is 14.4. The van der Waals surface area contributed by atoms with Crippen LogP contribution in [0.25, 0.3) is 11.3 Å². The first-order chi connectivity index (χ1) is 14.6. The summed E-state index contributed by atoms with van der Waals surface area (Å²) in [6, 6.07) is 8.99. The maximum Gasteiger partial charge on any atom is 0.293 e. The van der Waals surface area contributed by atoms with Gasteiger partial charge >= 0.3 is 0 Å². The quantitative estimate of drug-likeness (QED) is 0.684. The van der Waals surface area contributed by atoms with Gasteiger partial charge in [-0.15, -0.1) is 0 Å². The summed E-state index contributed by atoms with van der Waals surface area (Å²) in [7, 11) is 1.59. The van der Waals surface area contributed by atoms with Crippen LogP contribution >= 0.6 is 0 Å². The monoisotopic (exact) mass is 409 g/mol. The normalized spacial score (nSPS) is 15.2. The highest BCUT2D eigenvalue weighted by molar-refractivity contribution is 5.95. The van der Waals surface area contributed by atoms with Gasteiger partial charge in [-0.05, 0) is 37.3 Å². The fourth-order valence-electron chi connectivity index (χ4n) is 3.50. The molecule has 30 heavy (non-hydrogen) atoms. The van der Waals surface area contributed by atoms with Crippen molar-refractivity contribution in [2.75, 3.05) is 38.2 Å². The molecule has 0 saturated carbocycles. The van der Waals surface area contributed by atoms with E-state index in [2.05, 4.69) is 15.1 Å². The Labute approximate surface area is 173 Å². The third-order valence-electron chi connectivity index (χ3n) is 5.11. The molecule has 156 valence electrons. The van der Waals surface area contributed by atoms with Gasteiger partial charge in [0.25, 0.3) is 5.91 Å². The summed E-state index contributed by atoms with van der Waals surface area (Å²) >= 11 is 0. The van der Waals surface area contributed by atoms with Crippen molar-refractivity contribution in [2.45, 2.75) is 13.0 Å². The SMILES string of the molecule is COc1ccc(-c2noc(C(=O)N3CCN(c4ncccn4)CC3)c2C(C)O)cc1. The molecule has 1 fully saturated rings. The summed E-state index contributed by atoms with van der Waals surface area (Å²) in [6.45, 7) is 3.81. The second-order valence-corrected chi connectivity index (χ2v) is 7.01. The van der Waals surface area contributed by atoms with Crippen molar-refractivity contribution < 1.29 is 19.2 Å². The molecule has 1 saturated heterocycles. The molecule has 0 spiro atoms. The first-order valence-corrected chi connectivity index (χ1v) is 9.71. The maximum atomic E-state index is 13.1. The van der Waals surface area contributed by atoms with Crippen molar-refractivity contribution in [1.29, 1.82) is 0 Å². The van der Waals surface area contributed by atoms with E-state index in [9.17, 15) is 9.90 Å². The lowest BCUT2D eigenvalue weighted by molar-refractivity contribution is 0.0696. The number of hydrogen-bond donors (Lipinski definition) is 1. The van der Waals surface area contributed by atoms with Crippen LogP contribution in [0.5, 0.6) is 5.75 Å². The predicted molar refractivity (Wildman–Crippen MR) is 109 cm³/mol. The van der Waals surface area contributed by atoms with Gasteiger partial charge in [-0.1, -0.05) is 5.16 Å². The Morgan fingerprint density at radius 1 is 1.13 bits per heavy atom. The molecule has 1 aliphatic rings. The maximum absolute atomic E-state index is 13.1. The molecule has 9 heteroatoms. The van der Waals surface area contributed by atoms with Crippen LogP contribution < -0.4 is 9.64 Å². The van der Waals surface area contributed by atoms with Gasteiger partial charge in [-0.3, -0.25) is 4.79 Å². The minimum atomic E-state index is -0.911. The van der Waals surface area contributed by atoms with E-state index in [4.69, 9.17) is 9.26 Å². The first-order valence-electron chi connectivity index (χ1n) is 9.71. The molecule has 0 radical (unpaired) electrons. The molecule has 1 aromatic carbocycles. The van der Waals surface area contributed by atoms with Gasteiger partial charge in [0.05, 0.1) is 18.8 Å². The topological polar surface area (TPSA) is 105 Å². The van der Waals surface area contributed by atoms with Crippen LogP contribution in [-0.4, -0.2) is 64.3 Å². The molecule has 3 heterocycles. The van der Waals surface area contributed by atoms with E-state index >= 15 is 0 Å². The highest BCUT2D eigenvalue weighted by Gasteiger charge is 2.31. The number of aliphatic hydroxyl groups excluding tert-OH is 1. The van der Waals surface area contributed by atoms with Gasteiger partial charge < -0.3 is 24.2 Å². The number of benzene rings is 1. The van der Waals surface area contributed by atoms with Crippen LogP contribution in [0.2, 0.25) is 0 Å². The number of methoxy groups -OCH3 is 1. The van der Waals surface area contributed by atoms with Crippen LogP contribution in [0.15, 0.2) is 47.2 Å². The molecule has 2 aromatic heterocycles. The zero-order valence-corrected chi connectivity index (χ0v) is 16.9. The standard InChI is InChI=1S/C21H23N5O4/c1-14(27)17-18(15-4-6-16(29-2)7-5-15)24-30-19(17)20(28)25-10-12-26(13-11-25)21-22-8-3-9-23-21/h3-9,14,27H,10-13H2,1-2H3. The number of hydrogen-bond acceptors (Lipinski definition) is 8. The fraction of sp³-hybridized carbons (Fsp3) is 0.333. The number of aromatic nitrogens is 3. The average molecular weight is 409 g/mol. The van der Waals surface area contributed by atoms with Gasteiger partial charge in [0, 0.05) is 44.1 Å². The Bertz CT molecular complexity index is 996. The van der Waals surface area contributed by atoms with E-state index in [1.54, 1.807) is 49.5 Å². The number of amides is 1. The van der Waals surface area contributed by atoms with Gasteiger partial charge in [0.1, 0.15) is 11.4 Å². The summed E-state index contributed by atoms with van der Waals surface area (Å²) in [6.07, 6.45) is 2.49. The predicted octanol–water partition coefficient (Wildman–Crippen LogP) is 2.16. The molecule has 1 amide bonds. The van der Waals surface area contributed by atoms with Crippen molar-refractivity contribution in [1.82, 2.24) is 20.0 Å². The van der Waals surface area contributed by atoms with Crippen molar-refractivity contribution in [2.24, 2.45) is 0 Å². The molecule has 1 N–H and O–H groups in total. The Hall–Kier alpha value is -3.46. The van der Waals surface area contributed by atoms with Gasteiger partial charge in [0.2, 0.25) is 11.7 Å². The highest BCUT2D eigenvalue weighted by Crippen LogP contribution is 2.32. The highest BCUT2D eigenvalue weighted by atomic mass is 16.5. The minimum Gasteiger partial charge on any atom is -0.497 e. The van der Waals surface area contributed by atoms with E-state index in [-0.39, 0.29) is 11.7 Å². The summed E-state index contributed by atoms with van der Waals surface area (Å²) < 4.78 is 10.6. The number of piperazine rings is 1. The van der Waals surface area contributed by atoms with Crippen LogP contribution in [0, 0.1) is 0 Å². The van der Waals surface area contributed by atoms with Crippen LogP contribution in [0.3, 0.4) is 0 Å². The van der Waals surface area contributed by atoms with E-state index in [0.29, 0.717) is 49.1 Å². The third-order valence-corrected chi connectivity index (χ3v) is 5.11. The average Bonchev–Trinajstić information content (AvgIpc) is 3.25. The lowest BCUT2D eigenvalue weighted by Crippen LogP contribution is -2.49. The van der Waals surface area contributed by atoms with Crippen molar-refractivity contribution in [3.05, 3.63) is 54.0 Å². The summed E-state index contributed by atoms with van der Waals surface area (Å²) in [5.41, 5.74) is 1.58. The minimum absolute atomic E-state index is 0.0697. The second kappa shape index (κ2) is 8.50. The molecule has 9 nitrogen and oxygen atoms in total. The number of carbonyl (C=O) groups is 1. The smallest absolute Gasteiger partial charge is 0.293 e. The van der Waals surface area contributed by atoms with E-state index in [0.717, 1.165) is 5.56 Å². The Morgan fingerprint density at radius 3 is 2.40 bits per heavy atom. The number of anilines is 1. The first kappa shape index (κ1) is 19.8. The fourth-order valence-corrected chi connectivity index (χ4v) is 3.50. The van der Waals surface area contributed by atoms with E-state index < -0.39 is 6.10 Å². The number of ether oxygens (including phenoxy) is 1. The molecule has 0 bridgehead atoms. The van der Waals surface area contributed by atoms with Crippen LogP contribution in [0.4, 0.5) is 5.95 Å². The van der Waals surface area contributed by atoms with Crippen molar-refractivity contribution in [3.63, 3.8) is 0 Å². The molecule has 3 aromatic rings. The summed E-state index contributed by atoms with van der Waals surface area (Å²) in [5.74, 6) is 1.14. The van der Waals surface area contributed by atoms with E-state index in [1.807, 2.05) is 17.0 Å². The molecule has 1 atom stereocenters. The molecule has 4 rings (SSSR count). The number of nitrogens with zero attached hydrogens (tertiary/aromatic N) is 5. The number of carbonyl (C=O) groups excluding carboxylic acids is 1. The largest absolute Gasteiger partial charge is 0.497 e. The number of rotatable bonds is 5. The second-order valence-electron chi connectivity index (χ2n) is 7.01. The Balaban J connectivity index is 1.54. The Morgan fingerprint density at radius 2 is 1.80 bits per heavy atom. The Kier molecular flexibility index (Phi) is 5.62. The summed E-state index contributed by atoms with van der Waals surface area (Å²) in [4.78, 5) is 25.4. The zero-order valence-electron chi connectivity index (χ0n) is 16.9. The molecular formula is C21H23N5O4. The van der Waals surface area contributed by atoms with Crippen LogP contribution in [-0.2, 0) is 0 Å². The molecular weight excluding hydrogens is 386 g/mol. The lowest BCUT2D eigenvalue weighted by Gasteiger charge is -2.34. The van der Waals surface area contributed by atoms with E-state index in [1.165, 1.54) is 0 Å². The van der Waals surface area contributed by atoms with Gasteiger partial charge in [-0.25, -0.2) is 9.97 Å². The van der Waals surface area contributed by atoms with Gasteiger partial charge in [-0.2, -0.15) is 0 Å². The third kappa shape index (κ3) is 3.84. The number of aliphatic hydroxyl groups is 1. The van der Waals surface area contributed by atoms with Crippen LogP contribution in [0.1, 0.15) is 29.1 Å². The zero-order chi connectivity index (χ0) is 21.1. The molecule has 0 aliphatic carbocycles. The molecule has 1 aliphatic heterocycles.